The molecule has 1 aromatic carbocycles. The van der Waals surface area contributed by atoms with E-state index in [9.17, 15) is 0 Å². The molecule has 5 heteroatoms. The first-order valence-electron chi connectivity index (χ1n) is 6.26. The summed E-state index contributed by atoms with van der Waals surface area (Å²) in [5.41, 5.74) is 7.75. The molecule has 0 aliphatic heterocycles. The van der Waals surface area contributed by atoms with Crippen molar-refractivity contribution >= 4 is 41.5 Å². The predicted octanol–water partition coefficient (Wildman–Crippen LogP) is 3.72. The molecule has 0 unspecified atom stereocenters. The Morgan fingerprint density at radius 3 is 2.55 bits per heavy atom. The van der Waals surface area contributed by atoms with E-state index in [-0.39, 0.29) is 29.4 Å². The largest absolute Gasteiger partial charge is 0.370 e. The van der Waals surface area contributed by atoms with Crippen molar-refractivity contribution in [3.8, 4) is 0 Å². The number of nitrogens with one attached hydrogen (secondary N) is 1. The number of benzene rings is 1. The Kier molecular flexibility index (Phi) is 8.20. The minimum Gasteiger partial charge on any atom is -0.370 e. The molecule has 3 N–H and O–H groups in total. The highest BCUT2D eigenvalue weighted by atomic mass is 127. The number of halogens is 2. The van der Waals surface area contributed by atoms with Crippen molar-refractivity contribution in [1.82, 2.24) is 5.32 Å². The van der Waals surface area contributed by atoms with Gasteiger partial charge in [0, 0.05) is 17.0 Å². The molecule has 0 atom stereocenters. The third kappa shape index (κ3) is 6.13. The Morgan fingerprint density at radius 2 is 2.00 bits per heavy atom. The normalized spacial score (nSPS) is 11.7. The Bertz CT molecular complexity index is 484. The van der Waals surface area contributed by atoms with E-state index in [2.05, 4.69) is 30.7 Å². The lowest BCUT2D eigenvalue weighted by Crippen LogP contribution is -2.34. The first-order valence-corrected chi connectivity index (χ1v) is 6.64. The van der Waals surface area contributed by atoms with Gasteiger partial charge < -0.3 is 11.1 Å². The lowest BCUT2D eigenvalue weighted by atomic mass is 9.85. The van der Waals surface area contributed by atoms with Crippen molar-refractivity contribution in [3.63, 3.8) is 0 Å². The molecule has 0 fully saturated rings. The van der Waals surface area contributed by atoms with E-state index in [1.165, 1.54) is 0 Å². The van der Waals surface area contributed by atoms with Crippen LogP contribution in [0, 0.1) is 0 Å². The fraction of sp³-hybridized carbons (Fsp3) is 0.400. The Balaban J connectivity index is 0.00000361. The smallest absolute Gasteiger partial charge is 0.188 e. The fourth-order valence-corrected chi connectivity index (χ4v) is 2.07. The van der Waals surface area contributed by atoms with E-state index in [1.54, 1.807) is 0 Å². The van der Waals surface area contributed by atoms with Crippen LogP contribution in [0.3, 0.4) is 0 Å². The summed E-state index contributed by atoms with van der Waals surface area (Å²) in [6.07, 6.45) is 0. The molecule has 1 aromatic rings. The van der Waals surface area contributed by atoms with Crippen molar-refractivity contribution in [2.75, 3.05) is 13.1 Å². The fourth-order valence-electron chi connectivity index (χ4n) is 1.68. The number of guanidine groups is 1. The standard InChI is InChI=1S/C15H22ClN3.HI/c1-11(2)9-18-14(17)19-10-15(3,4)12-7-5-6-8-13(12)16;/h5-8H,1,9-10H2,2-4H3,(H3,17,18,19);1H. The Morgan fingerprint density at radius 1 is 1.40 bits per heavy atom. The molecule has 0 heterocycles. The maximum absolute atomic E-state index is 6.22. The molecule has 112 valence electrons. The molecular weight excluding hydrogens is 385 g/mol. The van der Waals surface area contributed by atoms with Crippen molar-refractivity contribution < 1.29 is 0 Å². The minimum absolute atomic E-state index is 0. The minimum atomic E-state index is -0.159. The highest BCUT2D eigenvalue weighted by Crippen LogP contribution is 2.29. The third-order valence-electron chi connectivity index (χ3n) is 2.82. The van der Waals surface area contributed by atoms with E-state index >= 15 is 0 Å². The summed E-state index contributed by atoms with van der Waals surface area (Å²) >= 11 is 6.22. The molecule has 0 saturated carbocycles. The second-order valence-electron chi connectivity index (χ2n) is 5.38. The topological polar surface area (TPSA) is 50.4 Å². The quantitative estimate of drug-likeness (QED) is 0.338. The second kappa shape index (κ2) is 8.52. The van der Waals surface area contributed by atoms with Crippen LogP contribution in [0.1, 0.15) is 26.3 Å². The first-order chi connectivity index (χ1) is 8.83. The van der Waals surface area contributed by atoms with Gasteiger partial charge in [-0.1, -0.05) is 55.8 Å². The molecule has 0 saturated heterocycles. The SMILES string of the molecule is C=C(C)CNC(N)=NCC(C)(C)c1ccccc1Cl.I. The van der Waals surface area contributed by atoms with E-state index < -0.39 is 0 Å². The van der Waals surface area contributed by atoms with E-state index in [4.69, 9.17) is 17.3 Å². The van der Waals surface area contributed by atoms with E-state index in [1.807, 2.05) is 31.2 Å². The van der Waals surface area contributed by atoms with Gasteiger partial charge >= 0.3 is 0 Å². The Labute approximate surface area is 143 Å². The van der Waals surface area contributed by atoms with Crippen LogP contribution in [0.5, 0.6) is 0 Å². The van der Waals surface area contributed by atoms with Crippen LogP contribution in [0.15, 0.2) is 41.4 Å². The van der Waals surface area contributed by atoms with Gasteiger partial charge in [0.15, 0.2) is 5.96 Å². The average Bonchev–Trinajstić information content (AvgIpc) is 2.34. The van der Waals surface area contributed by atoms with Crippen LogP contribution >= 0.6 is 35.6 Å². The van der Waals surface area contributed by atoms with Crippen molar-refractivity contribution in [2.45, 2.75) is 26.2 Å². The van der Waals surface area contributed by atoms with Gasteiger partial charge in [0.25, 0.3) is 0 Å². The summed E-state index contributed by atoms with van der Waals surface area (Å²) in [6.45, 7) is 11.2. The van der Waals surface area contributed by atoms with Crippen LogP contribution in [-0.4, -0.2) is 19.0 Å². The maximum atomic E-state index is 6.22. The molecule has 3 nitrogen and oxygen atoms in total. The van der Waals surface area contributed by atoms with Gasteiger partial charge in [-0.15, -0.1) is 24.0 Å². The summed E-state index contributed by atoms with van der Waals surface area (Å²) in [7, 11) is 0. The number of nitrogens with two attached hydrogens (primary N) is 1. The highest BCUT2D eigenvalue weighted by Gasteiger charge is 2.22. The van der Waals surface area contributed by atoms with Gasteiger partial charge in [-0.2, -0.15) is 0 Å². The molecule has 0 bridgehead atoms. The van der Waals surface area contributed by atoms with Gasteiger partial charge in [-0.3, -0.25) is 4.99 Å². The second-order valence-corrected chi connectivity index (χ2v) is 5.78. The average molecular weight is 408 g/mol. The molecular formula is C15H23ClIN3. The van der Waals surface area contributed by atoms with Gasteiger partial charge in [0.1, 0.15) is 0 Å². The Hall–Kier alpha value is -0.750. The molecule has 0 radical (unpaired) electrons. The van der Waals surface area contributed by atoms with Crippen molar-refractivity contribution in [1.29, 1.82) is 0 Å². The summed E-state index contributed by atoms with van der Waals surface area (Å²) in [5, 5.41) is 3.78. The highest BCUT2D eigenvalue weighted by molar-refractivity contribution is 14.0. The van der Waals surface area contributed by atoms with Crippen molar-refractivity contribution in [2.24, 2.45) is 10.7 Å². The third-order valence-corrected chi connectivity index (χ3v) is 3.15. The van der Waals surface area contributed by atoms with E-state index in [0.29, 0.717) is 19.0 Å². The first kappa shape index (κ1) is 19.2. The summed E-state index contributed by atoms with van der Waals surface area (Å²) < 4.78 is 0. The number of aliphatic imine (C=N–C) groups is 1. The lowest BCUT2D eigenvalue weighted by molar-refractivity contribution is 0.539. The van der Waals surface area contributed by atoms with Gasteiger partial charge in [0.05, 0.1) is 6.54 Å². The zero-order valence-electron chi connectivity index (χ0n) is 12.2. The zero-order valence-corrected chi connectivity index (χ0v) is 15.3. The molecule has 20 heavy (non-hydrogen) atoms. The van der Waals surface area contributed by atoms with Crippen LogP contribution in [-0.2, 0) is 5.41 Å². The summed E-state index contributed by atoms with van der Waals surface area (Å²) in [5.74, 6) is 0.433. The molecule has 0 aliphatic rings. The van der Waals surface area contributed by atoms with Crippen LogP contribution < -0.4 is 11.1 Å². The molecule has 0 aliphatic carbocycles. The zero-order chi connectivity index (χ0) is 14.5. The van der Waals surface area contributed by atoms with E-state index in [0.717, 1.165) is 16.2 Å². The number of nitrogens with zero attached hydrogens (tertiary/aromatic N) is 1. The monoisotopic (exact) mass is 407 g/mol. The summed E-state index contributed by atoms with van der Waals surface area (Å²) in [6, 6.07) is 7.82. The lowest BCUT2D eigenvalue weighted by Gasteiger charge is -2.24. The number of hydrogen-bond acceptors (Lipinski definition) is 1. The molecule has 0 amide bonds. The van der Waals surface area contributed by atoms with Crippen LogP contribution in [0.2, 0.25) is 5.02 Å². The summed E-state index contributed by atoms with van der Waals surface area (Å²) in [4.78, 5) is 4.37. The van der Waals surface area contributed by atoms with Crippen LogP contribution in [0.25, 0.3) is 0 Å². The molecule has 0 spiro atoms. The van der Waals surface area contributed by atoms with Crippen molar-refractivity contribution in [3.05, 3.63) is 47.0 Å². The van der Waals surface area contributed by atoms with Gasteiger partial charge in [-0.05, 0) is 18.6 Å². The molecule has 0 aromatic heterocycles. The van der Waals surface area contributed by atoms with Gasteiger partial charge in [-0.25, -0.2) is 0 Å². The maximum Gasteiger partial charge on any atom is 0.188 e. The predicted molar refractivity (Wildman–Crippen MR) is 99.2 cm³/mol. The van der Waals surface area contributed by atoms with Crippen LogP contribution in [0.4, 0.5) is 0 Å². The number of hydrogen-bond donors (Lipinski definition) is 2. The molecule has 1 rings (SSSR count). The number of rotatable bonds is 5. The van der Waals surface area contributed by atoms with Gasteiger partial charge in [0.2, 0.25) is 0 Å².